The summed E-state index contributed by atoms with van der Waals surface area (Å²) in [7, 11) is 0. The van der Waals surface area contributed by atoms with E-state index in [9.17, 15) is 9.59 Å². The Morgan fingerprint density at radius 2 is 1.44 bits per heavy atom. The van der Waals surface area contributed by atoms with Gasteiger partial charge in [0.05, 0.1) is 0 Å². The van der Waals surface area contributed by atoms with E-state index in [-0.39, 0.29) is 18.7 Å². The van der Waals surface area contributed by atoms with Gasteiger partial charge in [-0.15, -0.1) is 0 Å². The third-order valence-electron chi connectivity index (χ3n) is 7.32. The van der Waals surface area contributed by atoms with E-state index in [2.05, 4.69) is 11.8 Å². The maximum absolute atomic E-state index is 12.7. The van der Waals surface area contributed by atoms with Gasteiger partial charge in [-0.1, -0.05) is 71.1 Å². The second-order valence-corrected chi connectivity index (χ2v) is 10.5. The third-order valence-corrected chi connectivity index (χ3v) is 7.32. The Hall–Kier alpha value is -0.940. The lowest BCUT2D eigenvalue weighted by Crippen LogP contribution is -2.35. The standard InChI is InChI=1S/C29H55NO4/c1-2-3-4-5-7-10-13-17-28(18-14-11-8-6-9-12-15-24-31)34-29(33)26-27-19-22-30(23-20-27)21-16-25-32/h24,27-28,32H,2-23,25-26H2,1H3. The highest BCUT2D eigenvalue weighted by molar-refractivity contribution is 5.69. The van der Waals surface area contributed by atoms with Crippen molar-refractivity contribution >= 4 is 12.3 Å². The van der Waals surface area contributed by atoms with Gasteiger partial charge in [-0.05, 0) is 70.4 Å². The van der Waals surface area contributed by atoms with Crippen LogP contribution in [0.3, 0.4) is 0 Å². The molecule has 0 spiro atoms. The second kappa shape index (κ2) is 22.5. The van der Waals surface area contributed by atoms with Gasteiger partial charge < -0.3 is 19.5 Å². The Labute approximate surface area is 210 Å². The van der Waals surface area contributed by atoms with Crippen molar-refractivity contribution in [2.75, 3.05) is 26.2 Å². The molecule has 5 nitrogen and oxygen atoms in total. The molecule has 200 valence electrons. The highest BCUT2D eigenvalue weighted by atomic mass is 16.5. The molecule has 0 saturated carbocycles. The molecule has 0 aromatic heterocycles. The van der Waals surface area contributed by atoms with Gasteiger partial charge in [-0.2, -0.15) is 0 Å². The number of hydrogen-bond donors (Lipinski definition) is 1. The zero-order valence-corrected chi connectivity index (χ0v) is 22.3. The minimum Gasteiger partial charge on any atom is -0.462 e. The molecule has 1 aliphatic heterocycles. The Balaban J connectivity index is 2.29. The summed E-state index contributed by atoms with van der Waals surface area (Å²) in [6.45, 7) is 5.54. The quantitative estimate of drug-likeness (QED) is 0.0982. The van der Waals surface area contributed by atoms with E-state index in [4.69, 9.17) is 9.84 Å². The summed E-state index contributed by atoms with van der Waals surface area (Å²) in [5.41, 5.74) is 0. The van der Waals surface area contributed by atoms with Crippen LogP contribution in [0.4, 0.5) is 0 Å². The summed E-state index contributed by atoms with van der Waals surface area (Å²) < 4.78 is 6.03. The zero-order chi connectivity index (χ0) is 24.7. The first-order valence-electron chi connectivity index (χ1n) is 14.7. The summed E-state index contributed by atoms with van der Waals surface area (Å²) in [5, 5.41) is 9.01. The molecule has 0 amide bonds. The average molecular weight is 482 g/mol. The molecule has 5 heteroatoms. The molecule has 1 fully saturated rings. The summed E-state index contributed by atoms with van der Waals surface area (Å²) in [4.78, 5) is 25.5. The molecule has 0 radical (unpaired) electrons. The number of carbonyl (C=O) groups excluding carboxylic acids is 2. The van der Waals surface area contributed by atoms with E-state index < -0.39 is 0 Å². The van der Waals surface area contributed by atoms with Crippen molar-refractivity contribution in [3.05, 3.63) is 0 Å². The van der Waals surface area contributed by atoms with E-state index in [1.807, 2.05) is 0 Å². The Morgan fingerprint density at radius 3 is 2.00 bits per heavy atom. The van der Waals surface area contributed by atoms with Crippen LogP contribution in [0.25, 0.3) is 0 Å². The van der Waals surface area contributed by atoms with Crippen LogP contribution in [0.15, 0.2) is 0 Å². The summed E-state index contributed by atoms with van der Waals surface area (Å²) in [5.74, 6) is 0.457. The van der Waals surface area contributed by atoms with Gasteiger partial charge in [0.25, 0.3) is 0 Å². The first kappa shape index (κ1) is 31.1. The number of rotatable bonds is 23. The molecular weight excluding hydrogens is 426 g/mol. The predicted molar refractivity (Wildman–Crippen MR) is 141 cm³/mol. The van der Waals surface area contributed by atoms with Crippen LogP contribution in [-0.4, -0.2) is 54.6 Å². The van der Waals surface area contributed by atoms with Crippen LogP contribution in [0.1, 0.15) is 135 Å². The van der Waals surface area contributed by atoms with Gasteiger partial charge in [-0.25, -0.2) is 0 Å². The third kappa shape index (κ3) is 17.5. The molecule has 0 aromatic carbocycles. The SMILES string of the molecule is CCCCCCCCCC(CCCCCCCCC=O)OC(=O)CC1CCN(CCCO)CC1. The van der Waals surface area contributed by atoms with Gasteiger partial charge in [0.2, 0.25) is 0 Å². The minimum absolute atomic E-state index is 0.00983. The number of piperidine rings is 1. The van der Waals surface area contributed by atoms with E-state index in [0.29, 0.717) is 18.8 Å². The van der Waals surface area contributed by atoms with Crippen molar-refractivity contribution in [1.29, 1.82) is 0 Å². The molecule has 0 aliphatic carbocycles. The van der Waals surface area contributed by atoms with Gasteiger partial charge in [0.1, 0.15) is 12.4 Å². The molecule has 0 bridgehead atoms. The molecule has 34 heavy (non-hydrogen) atoms. The highest BCUT2D eigenvalue weighted by Gasteiger charge is 2.23. The van der Waals surface area contributed by atoms with Crippen molar-refractivity contribution < 1.29 is 19.4 Å². The predicted octanol–water partition coefficient (Wildman–Crippen LogP) is 6.84. The second-order valence-electron chi connectivity index (χ2n) is 10.5. The number of hydrogen-bond acceptors (Lipinski definition) is 5. The van der Waals surface area contributed by atoms with Gasteiger partial charge in [0, 0.05) is 26.0 Å². The van der Waals surface area contributed by atoms with E-state index >= 15 is 0 Å². The van der Waals surface area contributed by atoms with Gasteiger partial charge in [-0.3, -0.25) is 4.79 Å². The number of nitrogens with zero attached hydrogens (tertiary/aromatic N) is 1. The minimum atomic E-state index is 0.00983. The van der Waals surface area contributed by atoms with E-state index in [1.54, 1.807) is 0 Å². The van der Waals surface area contributed by atoms with Crippen LogP contribution >= 0.6 is 0 Å². The number of aliphatic hydroxyl groups excluding tert-OH is 1. The van der Waals surface area contributed by atoms with Crippen molar-refractivity contribution in [3.8, 4) is 0 Å². The maximum Gasteiger partial charge on any atom is 0.306 e. The summed E-state index contributed by atoms with van der Waals surface area (Å²) >= 11 is 0. The molecule has 1 rings (SSSR count). The number of likely N-dealkylation sites (tertiary alicyclic amines) is 1. The highest BCUT2D eigenvalue weighted by Crippen LogP contribution is 2.23. The number of ether oxygens (including phenoxy) is 1. The Morgan fingerprint density at radius 1 is 0.882 bits per heavy atom. The van der Waals surface area contributed by atoms with E-state index in [1.165, 1.54) is 64.2 Å². The fourth-order valence-electron chi connectivity index (χ4n) is 5.08. The fraction of sp³-hybridized carbons (Fsp3) is 0.931. The Bertz CT molecular complexity index is 477. The van der Waals surface area contributed by atoms with Crippen molar-refractivity contribution in [2.45, 2.75) is 141 Å². The molecule has 1 heterocycles. The number of esters is 1. The van der Waals surface area contributed by atoms with Crippen LogP contribution in [-0.2, 0) is 14.3 Å². The zero-order valence-electron chi connectivity index (χ0n) is 22.3. The number of carbonyl (C=O) groups is 2. The fourth-order valence-corrected chi connectivity index (χ4v) is 5.08. The lowest BCUT2D eigenvalue weighted by Gasteiger charge is -2.31. The molecular formula is C29H55NO4. The molecule has 1 N–H and O–H groups in total. The average Bonchev–Trinajstić information content (AvgIpc) is 2.84. The van der Waals surface area contributed by atoms with Crippen LogP contribution in [0, 0.1) is 5.92 Å². The van der Waals surface area contributed by atoms with Gasteiger partial charge >= 0.3 is 5.97 Å². The van der Waals surface area contributed by atoms with Crippen LogP contribution < -0.4 is 0 Å². The number of aliphatic hydroxyl groups is 1. The molecule has 1 unspecified atom stereocenters. The molecule has 1 saturated heterocycles. The van der Waals surface area contributed by atoms with Gasteiger partial charge in [0.15, 0.2) is 0 Å². The van der Waals surface area contributed by atoms with Crippen molar-refractivity contribution in [3.63, 3.8) is 0 Å². The maximum atomic E-state index is 12.7. The smallest absolute Gasteiger partial charge is 0.306 e. The summed E-state index contributed by atoms with van der Waals surface area (Å²) in [6.07, 6.45) is 23.3. The van der Waals surface area contributed by atoms with Crippen molar-refractivity contribution in [2.24, 2.45) is 5.92 Å². The largest absolute Gasteiger partial charge is 0.462 e. The van der Waals surface area contributed by atoms with E-state index in [0.717, 1.165) is 77.3 Å². The molecule has 0 aromatic rings. The topological polar surface area (TPSA) is 66.8 Å². The lowest BCUT2D eigenvalue weighted by molar-refractivity contribution is -0.151. The van der Waals surface area contributed by atoms with Crippen molar-refractivity contribution in [1.82, 2.24) is 4.90 Å². The number of aldehydes is 1. The normalized spacial score (nSPS) is 15.9. The molecule has 1 aliphatic rings. The lowest BCUT2D eigenvalue weighted by atomic mass is 9.93. The monoisotopic (exact) mass is 481 g/mol. The number of unbranched alkanes of at least 4 members (excludes halogenated alkanes) is 12. The summed E-state index contributed by atoms with van der Waals surface area (Å²) in [6, 6.07) is 0. The van der Waals surface area contributed by atoms with Crippen LogP contribution in [0.2, 0.25) is 0 Å². The first-order valence-corrected chi connectivity index (χ1v) is 14.7. The molecule has 1 atom stereocenters. The first-order chi connectivity index (χ1) is 16.7. The Kier molecular flexibility index (Phi) is 20.6. The van der Waals surface area contributed by atoms with Crippen LogP contribution in [0.5, 0.6) is 0 Å².